The van der Waals surface area contributed by atoms with Crippen molar-refractivity contribution in [3.8, 4) is 0 Å². The van der Waals surface area contributed by atoms with Crippen LogP contribution in [0.3, 0.4) is 0 Å². The van der Waals surface area contributed by atoms with Crippen LogP contribution >= 0.6 is 0 Å². The third kappa shape index (κ3) is 3.39. The number of ketones is 1. The second kappa shape index (κ2) is 5.78. The third-order valence-electron chi connectivity index (χ3n) is 4.10. The molecule has 0 amide bonds. The van der Waals surface area contributed by atoms with Crippen LogP contribution in [-0.2, 0) is 4.79 Å². The van der Waals surface area contributed by atoms with E-state index in [-0.39, 0.29) is 6.04 Å². The average Bonchev–Trinajstić information content (AvgIpc) is 2.82. The van der Waals surface area contributed by atoms with Crippen LogP contribution in [0.25, 0.3) is 0 Å². The van der Waals surface area contributed by atoms with Gasteiger partial charge in [-0.2, -0.15) is 0 Å². The molecule has 1 unspecified atom stereocenters. The Labute approximate surface area is 104 Å². The lowest BCUT2D eigenvalue weighted by molar-refractivity contribution is -0.121. The van der Waals surface area contributed by atoms with Crippen molar-refractivity contribution < 1.29 is 4.79 Å². The lowest BCUT2D eigenvalue weighted by Crippen LogP contribution is -2.52. The Hall–Kier alpha value is -0.670. The Bertz CT molecular complexity index is 295. The number of nitrogens with one attached hydrogen (secondary N) is 1. The van der Waals surface area contributed by atoms with E-state index in [0.29, 0.717) is 18.1 Å². The van der Waals surface area contributed by atoms with Crippen LogP contribution in [0.1, 0.15) is 32.1 Å². The van der Waals surface area contributed by atoms with Gasteiger partial charge in [-0.3, -0.25) is 4.79 Å². The molecule has 1 atom stereocenters. The van der Waals surface area contributed by atoms with Crippen LogP contribution in [0.4, 0.5) is 0 Å². The molecule has 0 aromatic heterocycles. The van der Waals surface area contributed by atoms with Gasteiger partial charge in [-0.1, -0.05) is 25.0 Å². The van der Waals surface area contributed by atoms with Gasteiger partial charge in [0.2, 0.25) is 0 Å². The molecule has 1 aliphatic heterocycles. The van der Waals surface area contributed by atoms with Crippen LogP contribution in [0.2, 0.25) is 0 Å². The molecular formula is C14H24N2O. The van der Waals surface area contributed by atoms with E-state index >= 15 is 0 Å². The lowest BCUT2D eigenvalue weighted by atomic mass is 9.92. The minimum absolute atomic E-state index is 0.0203. The maximum Gasteiger partial charge on any atom is 0.155 e. The molecule has 1 saturated heterocycles. The summed E-state index contributed by atoms with van der Waals surface area (Å²) >= 11 is 0. The molecular weight excluding hydrogens is 212 g/mol. The third-order valence-corrected chi connectivity index (χ3v) is 4.10. The van der Waals surface area contributed by atoms with Gasteiger partial charge in [-0.25, -0.2) is 0 Å². The first-order chi connectivity index (χ1) is 8.16. The lowest BCUT2D eigenvalue weighted by Gasteiger charge is -2.30. The van der Waals surface area contributed by atoms with E-state index in [4.69, 9.17) is 0 Å². The number of hydrogen-bond donors (Lipinski definition) is 1. The van der Waals surface area contributed by atoms with Gasteiger partial charge in [0.15, 0.2) is 5.78 Å². The molecule has 0 aromatic rings. The first kappa shape index (κ1) is 12.8. The number of likely N-dealkylation sites (N-methyl/N-ethyl adjacent to an activating group) is 1. The summed E-state index contributed by atoms with van der Waals surface area (Å²) in [6.45, 7) is 6.93. The number of nitrogens with zero attached hydrogens (tertiary/aromatic N) is 1. The highest BCUT2D eigenvalue weighted by Gasteiger charge is 2.26. The molecule has 1 N–H and O–H groups in total. The van der Waals surface area contributed by atoms with Crippen molar-refractivity contribution >= 4 is 5.78 Å². The van der Waals surface area contributed by atoms with Crippen molar-refractivity contribution in [2.75, 3.05) is 26.7 Å². The van der Waals surface area contributed by atoms with Crippen molar-refractivity contribution in [3.05, 3.63) is 12.2 Å². The summed E-state index contributed by atoms with van der Waals surface area (Å²) in [4.78, 5) is 14.4. The maximum absolute atomic E-state index is 12.2. The average molecular weight is 236 g/mol. The van der Waals surface area contributed by atoms with E-state index in [0.717, 1.165) is 19.6 Å². The zero-order valence-electron chi connectivity index (χ0n) is 10.9. The highest BCUT2D eigenvalue weighted by atomic mass is 16.1. The molecule has 2 aliphatic rings. The van der Waals surface area contributed by atoms with Crippen molar-refractivity contribution in [2.24, 2.45) is 5.92 Å². The number of piperazine rings is 1. The van der Waals surface area contributed by atoms with Gasteiger partial charge in [0, 0.05) is 26.1 Å². The molecule has 0 aromatic carbocycles. The Morgan fingerprint density at radius 3 is 2.76 bits per heavy atom. The molecule has 2 rings (SSSR count). The number of carbonyl (C=O) groups is 1. The second-order valence-corrected chi connectivity index (χ2v) is 5.55. The zero-order chi connectivity index (χ0) is 12.3. The number of rotatable bonds is 4. The second-order valence-electron chi connectivity index (χ2n) is 5.55. The van der Waals surface area contributed by atoms with Crippen molar-refractivity contribution in [1.82, 2.24) is 10.2 Å². The molecule has 3 heteroatoms. The SMILES string of the molecule is C=C(CC(=O)C1CN(C)CCN1)C1CCCC1. The van der Waals surface area contributed by atoms with Crippen LogP contribution < -0.4 is 5.32 Å². The van der Waals surface area contributed by atoms with E-state index < -0.39 is 0 Å². The monoisotopic (exact) mass is 236 g/mol. The van der Waals surface area contributed by atoms with Crippen LogP contribution in [0.15, 0.2) is 12.2 Å². The van der Waals surface area contributed by atoms with Gasteiger partial charge in [0.05, 0.1) is 6.04 Å². The summed E-state index contributed by atoms with van der Waals surface area (Å²) in [5.41, 5.74) is 1.17. The van der Waals surface area contributed by atoms with Gasteiger partial charge in [-0.15, -0.1) is 0 Å². The predicted octanol–water partition coefficient (Wildman–Crippen LogP) is 1.60. The fourth-order valence-electron chi connectivity index (χ4n) is 2.94. The minimum atomic E-state index is 0.0203. The van der Waals surface area contributed by atoms with E-state index in [2.05, 4.69) is 23.8 Å². The molecule has 0 bridgehead atoms. The van der Waals surface area contributed by atoms with Gasteiger partial charge in [0.1, 0.15) is 0 Å². The molecule has 2 fully saturated rings. The Balaban J connectivity index is 1.81. The number of hydrogen-bond acceptors (Lipinski definition) is 3. The molecule has 1 aliphatic carbocycles. The highest BCUT2D eigenvalue weighted by Crippen LogP contribution is 2.31. The van der Waals surface area contributed by atoms with Gasteiger partial charge in [0.25, 0.3) is 0 Å². The summed E-state index contributed by atoms with van der Waals surface area (Å²) in [5, 5.41) is 3.31. The van der Waals surface area contributed by atoms with Crippen molar-refractivity contribution in [2.45, 2.75) is 38.1 Å². The van der Waals surface area contributed by atoms with Crippen LogP contribution in [0.5, 0.6) is 0 Å². The van der Waals surface area contributed by atoms with Gasteiger partial charge >= 0.3 is 0 Å². The molecule has 17 heavy (non-hydrogen) atoms. The van der Waals surface area contributed by atoms with Crippen molar-refractivity contribution in [3.63, 3.8) is 0 Å². The summed E-state index contributed by atoms with van der Waals surface area (Å²) in [7, 11) is 2.08. The fourth-order valence-corrected chi connectivity index (χ4v) is 2.94. The van der Waals surface area contributed by atoms with E-state index in [9.17, 15) is 4.79 Å². The highest BCUT2D eigenvalue weighted by molar-refractivity contribution is 5.86. The van der Waals surface area contributed by atoms with E-state index in [1.807, 2.05) is 0 Å². The first-order valence-corrected chi connectivity index (χ1v) is 6.79. The summed E-state index contributed by atoms with van der Waals surface area (Å²) in [6, 6.07) is 0.0203. The largest absolute Gasteiger partial charge is 0.305 e. The summed E-state index contributed by atoms with van der Waals surface area (Å²) in [5.74, 6) is 0.939. The van der Waals surface area contributed by atoms with Crippen LogP contribution in [0, 0.1) is 5.92 Å². The number of Topliss-reactive ketones (excluding diaryl/α,β-unsaturated/α-hetero) is 1. The molecule has 1 saturated carbocycles. The molecule has 3 nitrogen and oxygen atoms in total. The Morgan fingerprint density at radius 2 is 2.12 bits per heavy atom. The van der Waals surface area contributed by atoms with Gasteiger partial charge in [-0.05, 0) is 25.8 Å². The Kier molecular flexibility index (Phi) is 4.35. The predicted molar refractivity (Wildman–Crippen MR) is 70.0 cm³/mol. The van der Waals surface area contributed by atoms with E-state index in [1.165, 1.54) is 31.3 Å². The topological polar surface area (TPSA) is 32.3 Å². The quantitative estimate of drug-likeness (QED) is 0.752. The van der Waals surface area contributed by atoms with Gasteiger partial charge < -0.3 is 10.2 Å². The zero-order valence-corrected chi connectivity index (χ0v) is 10.9. The van der Waals surface area contributed by atoms with Crippen LogP contribution in [-0.4, -0.2) is 43.4 Å². The molecule has 1 heterocycles. The molecule has 96 valence electrons. The summed E-state index contributed by atoms with van der Waals surface area (Å²) in [6.07, 6.45) is 5.68. The fraction of sp³-hybridized carbons (Fsp3) is 0.786. The summed E-state index contributed by atoms with van der Waals surface area (Å²) < 4.78 is 0. The van der Waals surface area contributed by atoms with Crippen molar-refractivity contribution in [1.29, 1.82) is 0 Å². The maximum atomic E-state index is 12.2. The van der Waals surface area contributed by atoms with E-state index in [1.54, 1.807) is 0 Å². The smallest absolute Gasteiger partial charge is 0.155 e. The number of allylic oxidation sites excluding steroid dienone is 1. The first-order valence-electron chi connectivity index (χ1n) is 6.79. The normalized spacial score (nSPS) is 27.2. The Morgan fingerprint density at radius 1 is 1.41 bits per heavy atom. The standard InChI is InChI=1S/C14H24N2O/c1-11(12-5-3-4-6-12)9-14(17)13-10-16(2)8-7-15-13/h12-13,15H,1,3-10H2,2H3. The minimum Gasteiger partial charge on any atom is -0.305 e. The number of carbonyl (C=O) groups excluding carboxylic acids is 1. The molecule has 0 radical (unpaired) electrons. The molecule has 0 spiro atoms.